The highest BCUT2D eigenvalue weighted by atomic mass is 32.2. The van der Waals surface area contributed by atoms with Crippen molar-refractivity contribution in [2.24, 2.45) is 0 Å². The number of hydrogen-bond acceptors (Lipinski definition) is 6. The molecule has 2 heterocycles. The van der Waals surface area contributed by atoms with Gasteiger partial charge in [-0.3, -0.25) is 9.36 Å². The minimum Gasteiger partial charge on any atom is -0.497 e. The van der Waals surface area contributed by atoms with Crippen LogP contribution in [-0.2, 0) is 11.3 Å². The maximum Gasteiger partial charge on any atom is 0.230 e. The maximum absolute atomic E-state index is 12.4. The lowest BCUT2D eigenvalue weighted by Gasteiger charge is -2.17. The van der Waals surface area contributed by atoms with Gasteiger partial charge in [0.15, 0.2) is 11.0 Å². The van der Waals surface area contributed by atoms with Gasteiger partial charge in [0.25, 0.3) is 0 Å². The lowest BCUT2D eigenvalue weighted by molar-refractivity contribution is -0.118. The van der Waals surface area contributed by atoms with Crippen LogP contribution in [0.5, 0.6) is 5.75 Å². The van der Waals surface area contributed by atoms with Crippen molar-refractivity contribution in [2.45, 2.75) is 31.5 Å². The Morgan fingerprint density at radius 1 is 1.09 bits per heavy atom. The number of nitrogens with zero attached hydrogens (tertiary/aromatic N) is 3. The van der Waals surface area contributed by atoms with Crippen LogP contribution in [-0.4, -0.2) is 33.5 Å². The zero-order valence-electron chi connectivity index (χ0n) is 18.8. The van der Waals surface area contributed by atoms with Crippen LogP contribution in [0.3, 0.4) is 0 Å². The molecule has 4 aromatic rings. The summed E-state index contributed by atoms with van der Waals surface area (Å²) in [5.74, 6) is 2.62. The van der Waals surface area contributed by atoms with Crippen LogP contribution in [0.15, 0.2) is 76.5 Å². The van der Waals surface area contributed by atoms with Gasteiger partial charge in [0.05, 0.1) is 31.4 Å². The van der Waals surface area contributed by atoms with Gasteiger partial charge < -0.3 is 14.5 Å². The van der Waals surface area contributed by atoms with Gasteiger partial charge in [-0.05, 0) is 53.9 Å². The molecule has 8 heteroatoms. The molecule has 0 aliphatic heterocycles. The third-order valence-electron chi connectivity index (χ3n) is 5.15. The molecular weight excluding hydrogens is 436 g/mol. The number of methoxy groups -OCH3 is 1. The largest absolute Gasteiger partial charge is 0.497 e. The molecule has 0 aliphatic carbocycles. The van der Waals surface area contributed by atoms with E-state index < -0.39 is 0 Å². The zero-order chi connectivity index (χ0) is 23.2. The van der Waals surface area contributed by atoms with E-state index in [0.29, 0.717) is 29.2 Å². The van der Waals surface area contributed by atoms with E-state index in [0.717, 1.165) is 17.0 Å². The van der Waals surface area contributed by atoms with Crippen LogP contribution in [0.2, 0.25) is 0 Å². The number of para-hydroxylation sites is 1. The van der Waals surface area contributed by atoms with Crippen LogP contribution in [0.1, 0.15) is 31.1 Å². The van der Waals surface area contributed by atoms with Gasteiger partial charge in [0, 0.05) is 5.56 Å². The molecule has 0 aliphatic rings. The first-order valence-electron chi connectivity index (χ1n) is 10.7. The monoisotopic (exact) mass is 462 g/mol. The van der Waals surface area contributed by atoms with Crippen LogP contribution in [0, 0.1) is 0 Å². The van der Waals surface area contributed by atoms with E-state index in [1.165, 1.54) is 17.3 Å². The number of hydrogen-bond donors (Lipinski definition) is 1. The zero-order valence-corrected chi connectivity index (χ0v) is 19.6. The lowest BCUT2D eigenvalue weighted by Crippen LogP contribution is -2.24. The van der Waals surface area contributed by atoms with Crippen molar-refractivity contribution in [3.05, 3.63) is 78.3 Å². The number of furan rings is 1. The number of thioether (sulfide) groups is 1. The maximum atomic E-state index is 12.4. The third kappa shape index (κ3) is 5.28. The SMILES string of the molecule is COc1ccc(-c2nnc(SCC(=O)NCc3ccco3)n2-c2ccccc2C(C)C)cc1. The van der Waals surface area contributed by atoms with Gasteiger partial charge >= 0.3 is 0 Å². The Bertz CT molecular complexity index is 1200. The molecule has 0 saturated heterocycles. The molecule has 0 bridgehead atoms. The Kier molecular flexibility index (Phi) is 7.14. The van der Waals surface area contributed by atoms with Crippen molar-refractivity contribution in [2.75, 3.05) is 12.9 Å². The molecule has 1 N–H and O–H groups in total. The summed E-state index contributed by atoms with van der Waals surface area (Å²) < 4.78 is 12.6. The molecule has 1 amide bonds. The molecule has 0 saturated carbocycles. The third-order valence-corrected chi connectivity index (χ3v) is 6.08. The predicted octanol–water partition coefficient (Wildman–Crippen LogP) is 5.07. The number of ether oxygens (including phenoxy) is 1. The second-order valence-corrected chi connectivity index (χ2v) is 8.67. The number of nitrogens with one attached hydrogen (secondary N) is 1. The number of aromatic nitrogens is 3. The standard InChI is InChI=1S/C25H26N4O3S/c1-17(2)21-8-4-5-9-22(21)29-24(18-10-12-19(31-3)13-11-18)27-28-25(29)33-16-23(30)26-15-20-7-6-14-32-20/h4-14,17H,15-16H2,1-3H3,(H,26,30). The van der Waals surface area contributed by atoms with Crippen LogP contribution in [0.4, 0.5) is 0 Å². The number of rotatable bonds is 9. The lowest BCUT2D eigenvalue weighted by atomic mass is 10.0. The predicted molar refractivity (Wildman–Crippen MR) is 129 cm³/mol. The Morgan fingerprint density at radius 3 is 2.58 bits per heavy atom. The Morgan fingerprint density at radius 2 is 1.88 bits per heavy atom. The van der Waals surface area contributed by atoms with E-state index in [2.05, 4.69) is 41.5 Å². The summed E-state index contributed by atoms with van der Waals surface area (Å²) in [6, 6.07) is 19.6. The molecule has 0 fully saturated rings. The summed E-state index contributed by atoms with van der Waals surface area (Å²) in [5, 5.41) is 12.5. The number of carbonyl (C=O) groups is 1. The van der Waals surface area contributed by atoms with Crippen LogP contribution >= 0.6 is 11.8 Å². The number of benzene rings is 2. The number of carbonyl (C=O) groups excluding carboxylic acids is 1. The fraction of sp³-hybridized carbons (Fsp3) is 0.240. The summed E-state index contributed by atoms with van der Waals surface area (Å²) in [4.78, 5) is 12.4. The average molecular weight is 463 g/mol. The molecular formula is C25H26N4O3S. The Hall–Kier alpha value is -3.52. The van der Waals surface area contributed by atoms with E-state index in [4.69, 9.17) is 9.15 Å². The summed E-state index contributed by atoms with van der Waals surface area (Å²) in [7, 11) is 1.64. The van der Waals surface area contributed by atoms with E-state index in [1.807, 2.05) is 47.0 Å². The van der Waals surface area contributed by atoms with Gasteiger partial charge in [-0.2, -0.15) is 0 Å². The van der Waals surface area contributed by atoms with E-state index in [-0.39, 0.29) is 11.7 Å². The molecule has 0 spiro atoms. The van der Waals surface area contributed by atoms with Gasteiger partial charge in [-0.15, -0.1) is 10.2 Å². The Labute approximate surface area is 197 Å². The van der Waals surface area contributed by atoms with Crippen molar-refractivity contribution in [3.8, 4) is 22.8 Å². The fourth-order valence-electron chi connectivity index (χ4n) is 3.47. The summed E-state index contributed by atoms with van der Waals surface area (Å²) in [6.45, 7) is 4.67. The molecule has 170 valence electrons. The van der Waals surface area contributed by atoms with Crippen molar-refractivity contribution in [1.82, 2.24) is 20.1 Å². The molecule has 7 nitrogen and oxygen atoms in total. The van der Waals surface area contributed by atoms with Gasteiger partial charge in [0.2, 0.25) is 5.91 Å². The fourth-order valence-corrected chi connectivity index (χ4v) is 4.24. The van der Waals surface area contributed by atoms with Crippen LogP contribution in [0.25, 0.3) is 17.1 Å². The molecule has 0 atom stereocenters. The second kappa shape index (κ2) is 10.4. The van der Waals surface area contributed by atoms with Gasteiger partial charge in [-0.25, -0.2) is 0 Å². The molecule has 4 rings (SSSR count). The first-order chi connectivity index (χ1) is 16.1. The highest BCUT2D eigenvalue weighted by molar-refractivity contribution is 7.99. The smallest absolute Gasteiger partial charge is 0.230 e. The first-order valence-corrected chi connectivity index (χ1v) is 11.7. The number of amides is 1. The normalized spacial score (nSPS) is 11.0. The van der Waals surface area contributed by atoms with Gasteiger partial charge in [0.1, 0.15) is 11.5 Å². The first kappa shape index (κ1) is 22.7. The highest BCUT2D eigenvalue weighted by Gasteiger charge is 2.20. The van der Waals surface area contributed by atoms with Crippen molar-refractivity contribution < 1.29 is 13.9 Å². The van der Waals surface area contributed by atoms with Crippen molar-refractivity contribution in [1.29, 1.82) is 0 Å². The van der Waals surface area contributed by atoms with E-state index in [9.17, 15) is 4.79 Å². The van der Waals surface area contributed by atoms with Crippen molar-refractivity contribution in [3.63, 3.8) is 0 Å². The van der Waals surface area contributed by atoms with Crippen LogP contribution < -0.4 is 10.1 Å². The van der Waals surface area contributed by atoms with Crippen molar-refractivity contribution >= 4 is 17.7 Å². The highest BCUT2D eigenvalue weighted by Crippen LogP contribution is 2.32. The second-order valence-electron chi connectivity index (χ2n) is 7.73. The summed E-state index contributed by atoms with van der Waals surface area (Å²) >= 11 is 1.35. The molecule has 2 aromatic heterocycles. The van der Waals surface area contributed by atoms with E-state index >= 15 is 0 Å². The molecule has 2 aromatic carbocycles. The summed E-state index contributed by atoms with van der Waals surface area (Å²) in [5.41, 5.74) is 3.09. The molecule has 0 radical (unpaired) electrons. The molecule has 0 unspecified atom stereocenters. The Balaban J connectivity index is 1.64. The van der Waals surface area contributed by atoms with E-state index in [1.54, 1.807) is 19.4 Å². The minimum absolute atomic E-state index is 0.103. The molecule has 33 heavy (non-hydrogen) atoms. The van der Waals surface area contributed by atoms with Gasteiger partial charge in [-0.1, -0.05) is 43.8 Å². The summed E-state index contributed by atoms with van der Waals surface area (Å²) in [6.07, 6.45) is 1.59. The average Bonchev–Trinajstić information content (AvgIpc) is 3.51. The topological polar surface area (TPSA) is 82.2 Å². The minimum atomic E-state index is -0.103. The quantitative estimate of drug-likeness (QED) is 0.350.